The third-order valence-electron chi connectivity index (χ3n) is 2.60. The van der Waals surface area contributed by atoms with E-state index in [9.17, 15) is 0 Å². The fourth-order valence-electron chi connectivity index (χ4n) is 1.86. The smallest absolute Gasteiger partial charge is 0.145 e. The first-order chi connectivity index (χ1) is 7.29. The number of nitrogens with zero attached hydrogens (tertiary/aromatic N) is 2. The number of aromatic nitrogens is 2. The Balaban J connectivity index is 2.73. The van der Waals surface area contributed by atoms with Crippen molar-refractivity contribution in [3.05, 3.63) is 24.3 Å². The molecule has 0 radical (unpaired) electrons. The van der Waals surface area contributed by atoms with Crippen molar-refractivity contribution < 1.29 is 0 Å². The zero-order valence-electron chi connectivity index (χ0n) is 9.90. The summed E-state index contributed by atoms with van der Waals surface area (Å²) < 4.78 is 0. The molecule has 0 fully saturated rings. The van der Waals surface area contributed by atoms with Gasteiger partial charge in [-0.1, -0.05) is 27.2 Å². The largest absolute Gasteiger partial charge is 0.307 e. The SMILES string of the molecule is CCCC(C)C(NCC)c1ncccn1. The van der Waals surface area contributed by atoms with Crippen LogP contribution in [0.3, 0.4) is 0 Å². The quantitative estimate of drug-likeness (QED) is 0.779. The van der Waals surface area contributed by atoms with Crippen molar-refractivity contribution in [2.45, 2.75) is 39.7 Å². The van der Waals surface area contributed by atoms with Crippen LogP contribution >= 0.6 is 0 Å². The van der Waals surface area contributed by atoms with Gasteiger partial charge in [0.15, 0.2) is 0 Å². The molecule has 2 unspecified atom stereocenters. The highest BCUT2D eigenvalue weighted by molar-refractivity contribution is 4.97. The lowest BCUT2D eigenvalue weighted by Crippen LogP contribution is -2.28. The maximum atomic E-state index is 4.33. The van der Waals surface area contributed by atoms with Crippen molar-refractivity contribution >= 4 is 0 Å². The molecule has 0 saturated carbocycles. The summed E-state index contributed by atoms with van der Waals surface area (Å²) in [4.78, 5) is 8.65. The van der Waals surface area contributed by atoms with Gasteiger partial charge in [-0.25, -0.2) is 9.97 Å². The fraction of sp³-hybridized carbons (Fsp3) is 0.667. The average Bonchev–Trinajstić information content (AvgIpc) is 2.27. The van der Waals surface area contributed by atoms with E-state index in [4.69, 9.17) is 0 Å². The van der Waals surface area contributed by atoms with Crippen LogP contribution in [0, 0.1) is 5.92 Å². The van der Waals surface area contributed by atoms with Gasteiger partial charge >= 0.3 is 0 Å². The van der Waals surface area contributed by atoms with Crippen LogP contribution in [0.25, 0.3) is 0 Å². The molecule has 0 bridgehead atoms. The molecule has 0 spiro atoms. The van der Waals surface area contributed by atoms with Crippen LogP contribution in [0.15, 0.2) is 18.5 Å². The van der Waals surface area contributed by atoms with Gasteiger partial charge in [-0.15, -0.1) is 0 Å². The Labute approximate surface area is 92.3 Å². The van der Waals surface area contributed by atoms with Gasteiger partial charge in [0.2, 0.25) is 0 Å². The zero-order chi connectivity index (χ0) is 11.1. The molecule has 1 heterocycles. The minimum atomic E-state index is 0.288. The van der Waals surface area contributed by atoms with E-state index < -0.39 is 0 Å². The minimum Gasteiger partial charge on any atom is -0.307 e. The molecule has 0 saturated heterocycles. The van der Waals surface area contributed by atoms with Gasteiger partial charge in [0.1, 0.15) is 5.82 Å². The molecule has 0 aliphatic rings. The summed E-state index contributed by atoms with van der Waals surface area (Å²) in [5.74, 6) is 1.50. The van der Waals surface area contributed by atoms with Crippen molar-refractivity contribution in [3.8, 4) is 0 Å². The molecule has 2 atom stereocenters. The molecular formula is C12H21N3. The lowest BCUT2D eigenvalue weighted by atomic mass is 9.96. The molecule has 0 aliphatic carbocycles. The van der Waals surface area contributed by atoms with Gasteiger partial charge in [0.25, 0.3) is 0 Å². The van der Waals surface area contributed by atoms with Gasteiger partial charge in [-0.2, -0.15) is 0 Å². The van der Waals surface area contributed by atoms with E-state index in [1.807, 2.05) is 18.5 Å². The highest BCUT2D eigenvalue weighted by Gasteiger charge is 2.19. The molecule has 0 amide bonds. The van der Waals surface area contributed by atoms with Gasteiger partial charge in [0.05, 0.1) is 6.04 Å². The third kappa shape index (κ3) is 3.59. The molecule has 1 aromatic rings. The van der Waals surface area contributed by atoms with Gasteiger partial charge < -0.3 is 5.32 Å². The van der Waals surface area contributed by atoms with Crippen LogP contribution in [0.4, 0.5) is 0 Å². The summed E-state index contributed by atoms with van der Waals surface area (Å²) in [6, 6.07) is 2.15. The first-order valence-corrected chi connectivity index (χ1v) is 5.79. The molecule has 3 heteroatoms. The summed E-state index contributed by atoms with van der Waals surface area (Å²) in [6.45, 7) is 7.55. The van der Waals surface area contributed by atoms with Crippen LogP contribution in [0.2, 0.25) is 0 Å². The Morgan fingerprint density at radius 1 is 1.27 bits per heavy atom. The first-order valence-electron chi connectivity index (χ1n) is 5.79. The molecule has 0 aromatic carbocycles. The van der Waals surface area contributed by atoms with Crippen LogP contribution in [-0.2, 0) is 0 Å². The monoisotopic (exact) mass is 207 g/mol. The normalized spacial score (nSPS) is 14.9. The summed E-state index contributed by atoms with van der Waals surface area (Å²) >= 11 is 0. The lowest BCUT2D eigenvalue weighted by Gasteiger charge is -2.22. The van der Waals surface area contributed by atoms with Crippen molar-refractivity contribution in [1.82, 2.24) is 15.3 Å². The Morgan fingerprint density at radius 3 is 2.47 bits per heavy atom. The fourth-order valence-corrected chi connectivity index (χ4v) is 1.86. The summed E-state index contributed by atoms with van der Waals surface area (Å²) in [6.07, 6.45) is 6.03. The van der Waals surface area contributed by atoms with E-state index in [-0.39, 0.29) is 6.04 Å². The molecule has 1 aromatic heterocycles. The van der Waals surface area contributed by atoms with Crippen LogP contribution < -0.4 is 5.32 Å². The Bertz CT molecular complexity index is 261. The van der Waals surface area contributed by atoms with Gasteiger partial charge in [-0.05, 0) is 24.9 Å². The molecule has 84 valence electrons. The van der Waals surface area contributed by atoms with E-state index in [2.05, 4.69) is 36.1 Å². The van der Waals surface area contributed by atoms with Crippen LogP contribution in [-0.4, -0.2) is 16.5 Å². The van der Waals surface area contributed by atoms with E-state index >= 15 is 0 Å². The molecule has 15 heavy (non-hydrogen) atoms. The Hall–Kier alpha value is -0.960. The van der Waals surface area contributed by atoms with Gasteiger partial charge in [-0.3, -0.25) is 0 Å². The second kappa shape index (κ2) is 6.51. The molecular weight excluding hydrogens is 186 g/mol. The maximum Gasteiger partial charge on any atom is 0.145 e. The second-order valence-corrected chi connectivity index (χ2v) is 3.91. The Morgan fingerprint density at radius 2 is 1.93 bits per heavy atom. The van der Waals surface area contributed by atoms with E-state index in [1.165, 1.54) is 12.8 Å². The van der Waals surface area contributed by atoms with Crippen molar-refractivity contribution in [3.63, 3.8) is 0 Å². The minimum absolute atomic E-state index is 0.288. The predicted molar refractivity (Wildman–Crippen MR) is 62.5 cm³/mol. The van der Waals surface area contributed by atoms with Crippen molar-refractivity contribution in [2.24, 2.45) is 5.92 Å². The maximum absolute atomic E-state index is 4.33. The zero-order valence-corrected chi connectivity index (χ0v) is 9.90. The highest BCUT2D eigenvalue weighted by Crippen LogP contribution is 2.22. The Kier molecular flexibility index (Phi) is 5.26. The summed E-state index contributed by atoms with van der Waals surface area (Å²) in [5, 5.41) is 3.46. The third-order valence-corrected chi connectivity index (χ3v) is 2.60. The first kappa shape index (κ1) is 12.1. The second-order valence-electron chi connectivity index (χ2n) is 3.91. The van der Waals surface area contributed by atoms with Gasteiger partial charge in [0, 0.05) is 12.4 Å². The summed E-state index contributed by atoms with van der Waals surface area (Å²) in [5.41, 5.74) is 0. The number of hydrogen-bond donors (Lipinski definition) is 1. The highest BCUT2D eigenvalue weighted by atomic mass is 15.0. The van der Waals surface area contributed by atoms with Crippen molar-refractivity contribution in [1.29, 1.82) is 0 Å². The standard InChI is InChI=1S/C12H21N3/c1-4-7-10(3)11(13-5-2)12-14-8-6-9-15-12/h6,8-11,13H,4-5,7H2,1-3H3. The number of hydrogen-bond acceptors (Lipinski definition) is 3. The lowest BCUT2D eigenvalue weighted by molar-refractivity contribution is 0.355. The summed E-state index contributed by atoms with van der Waals surface area (Å²) in [7, 11) is 0. The molecule has 3 nitrogen and oxygen atoms in total. The number of rotatable bonds is 6. The average molecular weight is 207 g/mol. The molecule has 0 aliphatic heterocycles. The van der Waals surface area contributed by atoms with Crippen molar-refractivity contribution in [2.75, 3.05) is 6.54 Å². The van der Waals surface area contributed by atoms with E-state index in [0.29, 0.717) is 5.92 Å². The van der Waals surface area contributed by atoms with Crippen LogP contribution in [0.5, 0.6) is 0 Å². The number of nitrogens with one attached hydrogen (secondary N) is 1. The van der Waals surface area contributed by atoms with E-state index in [1.54, 1.807) is 0 Å². The predicted octanol–water partition coefficient (Wildman–Crippen LogP) is 2.56. The van der Waals surface area contributed by atoms with E-state index in [0.717, 1.165) is 12.4 Å². The molecule has 1 N–H and O–H groups in total. The van der Waals surface area contributed by atoms with Crippen LogP contribution in [0.1, 0.15) is 45.5 Å². The topological polar surface area (TPSA) is 37.8 Å². The molecule has 1 rings (SSSR count).